The topological polar surface area (TPSA) is 77.2 Å². The molecule has 0 radical (unpaired) electrons. The molecule has 1 unspecified atom stereocenters. The van der Waals surface area contributed by atoms with Crippen LogP contribution in [-0.4, -0.2) is 42.9 Å². The molecule has 0 aromatic heterocycles. The van der Waals surface area contributed by atoms with Crippen molar-refractivity contribution in [2.45, 2.75) is 32.6 Å². The SMILES string of the molecule is C1COCC[NH2+]1.CC1(C)CC(=O)C2=C(C1)NC(=S)C(=C=[N-])C2c1ccc(Cl)cc1. The Kier molecular flexibility index (Phi) is 7.04. The van der Waals surface area contributed by atoms with Gasteiger partial charge in [0.1, 0.15) is 4.99 Å². The lowest BCUT2D eigenvalue weighted by Gasteiger charge is -2.39. The van der Waals surface area contributed by atoms with Crippen LogP contribution in [0, 0.1) is 5.41 Å². The van der Waals surface area contributed by atoms with E-state index in [9.17, 15) is 10.2 Å². The number of ether oxygens (including phenoxy) is 1. The maximum absolute atomic E-state index is 12.8. The number of rotatable bonds is 1. The molecule has 3 aliphatic rings. The maximum atomic E-state index is 12.8. The lowest BCUT2D eigenvalue weighted by Crippen LogP contribution is -2.87. The first-order chi connectivity index (χ1) is 13.8. The summed E-state index contributed by atoms with van der Waals surface area (Å²) >= 11 is 11.3. The number of quaternary nitrogens is 1. The van der Waals surface area contributed by atoms with Gasteiger partial charge in [0.25, 0.3) is 0 Å². The molecule has 29 heavy (non-hydrogen) atoms. The highest BCUT2D eigenvalue weighted by Crippen LogP contribution is 2.45. The quantitative estimate of drug-likeness (QED) is 0.407. The van der Waals surface area contributed by atoms with E-state index in [0.29, 0.717) is 27.6 Å². The number of benzene rings is 1. The van der Waals surface area contributed by atoms with Gasteiger partial charge in [0.2, 0.25) is 0 Å². The fraction of sp³-hybridized carbons (Fsp3) is 0.455. The summed E-state index contributed by atoms with van der Waals surface area (Å²) in [4.78, 5) is 13.2. The number of carbonyl (C=O) groups is 1. The fourth-order valence-electron chi connectivity index (χ4n) is 3.94. The zero-order chi connectivity index (χ0) is 21.0. The highest BCUT2D eigenvalue weighted by atomic mass is 35.5. The third kappa shape index (κ3) is 5.21. The number of carbonyl (C=O) groups excluding carboxylic acids is 1. The van der Waals surface area contributed by atoms with Crippen LogP contribution in [0.3, 0.4) is 0 Å². The monoisotopic (exact) mass is 431 g/mol. The number of nitrogens with two attached hydrogens (primary N) is 1. The molecule has 1 fully saturated rings. The Morgan fingerprint density at radius 1 is 1.24 bits per heavy atom. The first-order valence-corrected chi connectivity index (χ1v) is 10.6. The van der Waals surface area contributed by atoms with Gasteiger partial charge >= 0.3 is 0 Å². The largest absolute Gasteiger partial charge is 0.763 e. The third-order valence-electron chi connectivity index (χ3n) is 5.26. The second-order valence-electron chi connectivity index (χ2n) is 8.28. The van der Waals surface area contributed by atoms with E-state index >= 15 is 0 Å². The van der Waals surface area contributed by atoms with Crippen molar-refractivity contribution in [3.63, 3.8) is 0 Å². The van der Waals surface area contributed by atoms with Crippen LogP contribution in [0.15, 0.2) is 41.1 Å². The Hall–Kier alpha value is -1.82. The molecule has 3 N–H and O–H groups in total. The van der Waals surface area contributed by atoms with Gasteiger partial charge in [-0.25, -0.2) is 0 Å². The molecular formula is C22H26ClN3O2S. The zero-order valence-electron chi connectivity index (χ0n) is 16.8. The van der Waals surface area contributed by atoms with Crippen molar-refractivity contribution in [2.24, 2.45) is 5.41 Å². The molecule has 1 saturated heterocycles. The number of allylic oxidation sites excluding steroid dienone is 2. The Morgan fingerprint density at radius 2 is 1.90 bits per heavy atom. The first kappa shape index (κ1) is 21.9. The number of ketones is 1. The molecule has 0 saturated carbocycles. The summed E-state index contributed by atoms with van der Waals surface area (Å²) in [7, 11) is 0. The normalized spacial score (nSPS) is 23.4. The Morgan fingerprint density at radius 3 is 2.41 bits per heavy atom. The van der Waals surface area contributed by atoms with Crippen molar-refractivity contribution in [1.29, 1.82) is 0 Å². The van der Waals surface area contributed by atoms with Gasteiger partial charge in [-0.2, -0.15) is 0 Å². The highest BCUT2D eigenvalue weighted by Gasteiger charge is 2.41. The molecule has 1 aliphatic carbocycles. The molecule has 0 amide bonds. The minimum absolute atomic E-state index is 0.0824. The van der Waals surface area contributed by atoms with Gasteiger partial charge in [-0.15, -0.1) is 0 Å². The standard InChI is InChI=1S/C18H16ClN2OS.C4H9NO/c1-18(2)7-13-16(14(22)8-18)15(12(9-20)17(23)21-13)10-3-5-11(19)6-4-10;1-3-6-4-2-5-1/h3-6,15H,7-8H2,1-2H3,(H,21,23);5H,1-4H2/q-1;/p+1. The zero-order valence-corrected chi connectivity index (χ0v) is 18.3. The van der Waals surface area contributed by atoms with Crippen molar-refractivity contribution in [3.05, 3.63) is 57.1 Å². The summed E-state index contributed by atoms with van der Waals surface area (Å²) in [5.74, 6) is 1.87. The molecule has 4 rings (SSSR count). The number of morpholine rings is 1. The molecule has 0 spiro atoms. The minimum Gasteiger partial charge on any atom is -0.763 e. The molecule has 2 heterocycles. The number of hydrogen-bond donors (Lipinski definition) is 2. The van der Waals surface area contributed by atoms with E-state index < -0.39 is 5.92 Å². The van der Waals surface area contributed by atoms with E-state index in [4.69, 9.17) is 28.6 Å². The van der Waals surface area contributed by atoms with Crippen LogP contribution in [0.4, 0.5) is 0 Å². The van der Waals surface area contributed by atoms with Crippen molar-refractivity contribution >= 4 is 40.5 Å². The summed E-state index contributed by atoms with van der Waals surface area (Å²) < 4.78 is 5.04. The summed E-state index contributed by atoms with van der Waals surface area (Å²) in [6, 6.07) is 7.26. The predicted octanol–water partition coefficient (Wildman–Crippen LogP) is 2.74. The lowest BCUT2D eigenvalue weighted by atomic mass is 9.69. The lowest BCUT2D eigenvalue weighted by molar-refractivity contribution is -0.670. The minimum atomic E-state index is -0.399. The van der Waals surface area contributed by atoms with E-state index in [1.54, 1.807) is 12.1 Å². The Bertz CT molecular complexity index is 870. The number of halogens is 1. The average molecular weight is 432 g/mol. The summed E-state index contributed by atoms with van der Waals surface area (Å²) in [5.41, 5.74) is 2.73. The molecule has 1 aromatic rings. The van der Waals surface area contributed by atoms with Crippen LogP contribution < -0.4 is 10.6 Å². The fourth-order valence-corrected chi connectivity index (χ4v) is 4.36. The number of nitrogens with zero attached hydrogens (tertiary/aromatic N) is 1. The predicted molar refractivity (Wildman–Crippen MR) is 119 cm³/mol. The van der Waals surface area contributed by atoms with Gasteiger partial charge in [-0.3, -0.25) is 10.7 Å². The van der Waals surface area contributed by atoms with Crippen LogP contribution >= 0.6 is 23.8 Å². The Labute approximate surface area is 182 Å². The smallest absolute Gasteiger partial charge is 0.162 e. The molecule has 7 heteroatoms. The molecule has 154 valence electrons. The van der Waals surface area contributed by atoms with Crippen molar-refractivity contribution in [1.82, 2.24) is 5.32 Å². The van der Waals surface area contributed by atoms with Gasteiger partial charge in [0, 0.05) is 34.2 Å². The first-order valence-electron chi connectivity index (χ1n) is 9.82. The number of nitrogens with one attached hydrogen (secondary N) is 1. The number of Topliss-reactive ketones (excluding diaryl/α,β-unsaturated/α-hetero) is 1. The van der Waals surface area contributed by atoms with Crippen molar-refractivity contribution in [2.75, 3.05) is 26.3 Å². The highest BCUT2D eigenvalue weighted by molar-refractivity contribution is 7.80. The van der Waals surface area contributed by atoms with Crippen LogP contribution in [0.25, 0.3) is 5.41 Å². The van der Waals surface area contributed by atoms with E-state index in [0.717, 1.165) is 44.0 Å². The van der Waals surface area contributed by atoms with Gasteiger partial charge < -0.3 is 20.8 Å². The second-order valence-corrected chi connectivity index (χ2v) is 9.12. The maximum Gasteiger partial charge on any atom is 0.162 e. The molecule has 1 atom stereocenters. The molecule has 0 bridgehead atoms. The molecular weight excluding hydrogens is 406 g/mol. The van der Waals surface area contributed by atoms with Gasteiger partial charge in [0.15, 0.2) is 5.78 Å². The molecule has 5 nitrogen and oxygen atoms in total. The van der Waals surface area contributed by atoms with E-state index in [2.05, 4.69) is 30.4 Å². The van der Waals surface area contributed by atoms with Gasteiger partial charge in [-0.1, -0.05) is 49.8 Å². The van der Waals surface area contributed by atoms with Gasteiger partial charge in [0.05, 0.1) is 26.3 Å². The molecule has 1 aromatic carbocycles. The van der Waals surface area contributed by atoms with E-state index in [-0.39, 0.29) is 11.2 Å². The third-order valence-corrected chi connectivity index (χ3v) is 5.84. The van der Waals surface area contributed by atoms with Gasteiger partial charge in [-0.05, 0) is 29.5 Å². The van der Waals surface area contributed by atoms with Crippen LogP contribution in [0.1, 0.15) is 38.2 Å². The van der Waals surface area contributed by atoms with Crippen LogP contribution in [0.2, 0.25) is 5.02 Å². The van der Waals surface area contributed by atoms with E-state index in [1.807, 2.05) is 12.1 Å². The average Bonchev–Trinajstić information content (AvgIpc) is 2.68. The summed E-state index contributed by atoms with van der Waals surface area (Å²) in [5, 5.41) is 15.6. The molecule has 2 aliphatic heterocycles. The number of hydrogen-bond acceptors (Lipinski definition) is 3. The van der Waals surface area contributed by atoms with Crippen molar-refractivity contribution in [3.8, 4) is 0 Å². The van der Waals surface area contributed by atoms with Crippen molar-refractivity contribution < 1.29 is 14.8 Å². The summed E-state index contributed by atoms with van der Waals surface area (Å²) in [6.45, 7) is 8.33. The van der Waals surface area contributed by atoms with E-state index in [1.165, 1.54) is 0 Å². The second kappa shape index (κ2) is 9.33. The number of thiocarbonyl (C=S) groups is 1. The Balaban J connectivity index is 0.000000343. The van der Waals surface area contributed by atoms with Crippen LogP contribution in [-0.2, 0) is 9.53 Å². The summed E-state index contributed by atoms with van der Waals surface area (Å²) in [6.07, 6.45) is 1.22. The van der Waals surface area contributed by atoms with Crippen LogP contribution in [0.5, 0.6) is 0 Å².